The summed E-state index contributed by atoms with van der Waals surface area (Å²) in [6.07, 6.45) is 0.713. The molecule has 2 aromatic carbocycles. The summed E-state index contributed by atoms with van der Waals surface area (Å²) in [5.74, 6) is -1.36. The van der Waals surface area contributed by atoms with Crippen LogP contribution in [-0.4, -0.2) is 41.0 Å². The SMILES string of the molecule is Cc1cccc(C2/C(=C(/O)c3ccc(C)c(C)c3)C(=O)C(=O)N2CCCOC(C)C)c1. The van der Waals surface area contributed by atoms with Crippen molar-refractivity contribution in [3.8, 4) is 0 Å². The fraction of sp³-hybridized carbons (Fsp3) is 0.385. The first-order valence-electron chi connectivity index (χ1n) is 10.7. The number of amides is 1. The normalized spacial score (nSPS) is 18.3. The number of nitrogens with zero attached hydrogens (tertiary/aromatic N) is 1. The van der Waals surface area contributed by atoms with E-state index in [4.69, 9.17) is 4.74 Å². The first-order valence-corrected chi connectivity index (χ1v) is 10.7. The molecule has 1 fully saturated rings. The molecular formula is C26H31NO4. The molecule has 1 heterocycles. The molecule has 1 amide bonds. The highest BCUT2D eigenvalue weighted by Crippen LogP contribution is 2.39. The van der Waals surface area contributed by atoms with Gasteiger partial charge in [-0.25, -0.2) is 0 Å². The van der Waals surface area contributed by atoms with Gasteiger partial charge >= 0.3 is 0 Å². The Morgan fingerprint density at radius 1 is 1.06 bits per heavy atom. The van der Waals surface area contributed by atoms with Crippen molar-refractivity contribution in [2.45, 2.75) is 53.2 Å². The molecule has 1 unspecified atom stereocenters. The predicted molar refractivity (Wildman–Crippen MR) is 122 cm³/mol. The van der Waals surface area contributed by atoms with Gasteiger partial charge in [0, 0.05) is 18.7 Å². The quantitative estimate of drug-likeness (QED) is 0.300. The van der Waals surface area contributed by atoms with Crippen LogP contribution in [0, 0.1) is 20.8 Å². The summed E-state index contributed by atoms with van der Waals surface area (Å²) in [6, 6.07) is 12.7. The molecule has 1 aliphatic rings. The monoisotopic (exact) mass is 421 g/mol. The van der Waals surface area contributed by atoms with Crippen LogP contribution in [0.25, 0.3) is 5.76 Å². The molecule has 5 heteroatoms. The molecule has 5 nitrogen and oxygen atoms in total. The third kappa shape index (κ3) is 4.88. The lowest BCUT2D eigenvalue weighted by atomic mass is 9.93. The minimum absolute atomic E-state index is 0.104. The van der Waals surface area contributed by atoms with Gasteiger partial charge in [0.1, 0.15) is 5.76 Å². The molecule has 0 radical (unpaired) electrons. The van der Waals surface area contributed by atoms with Crippen molar-refractivity contribution in [1.82, 2.24) is 4.90 Å². The Balaban J connectivity index is 2.06. The van der Waals surface area contributed by atoms with Crippen LogP contribution >= 0.6 is 0 Å². The average Bonchev–Trinajstić information content (AvgIpc) is 2.97. The second-order valence-electron chi connectivity index (χ2n) is 8.48. The number of aliphatic hydroxyl groups is 1. The molecule has 0 spiro atoms. The second kappa shape index (κ2) is 9.48. The summed E-state index contributed by atoms with van der Waals surface area (Å²) in [5.41, 5.74) is 4.63. The second-order valence-corrected chi connectivity index (χ2v) is 8.48. The Bertz CT molecular complexity index is 1020. The first-order chi connectivity index (χ1) is 14.7. The van der Waals surface area contributed by atoms with Crippen LogP contribution in [0.15, 0.2) is 48.0 Å². The van der Waals surface area contributed by atoms with Crippen molar-refractivity contribution in [3.63, 3.8) is 0 Å². The molecule has 1 saturated heterocycles. The predicted octanol–water partition coefficient (Wildman–Crippen LogP) is 4.85. The maximum atomic E-state index is 13.1. The fourth-order valence-electron chi connectivity index (χ4n) is 3.90. The fourth-order valence-corrected chi connectivity index (χ4v) is 3.90. The lowest BCUT2D eigenvalue weighted by molar-refractivity contribution is -0.140. The molecule has 1 atom stereocenters. The van der Waals surface area contributed by atoms with Crippen LogP contribution in [0.3, 0.4) is 0 Å². The molecule has 2 aromatic rings. The topological polar surface area (TPSA) is 66.8 Å². The highest BCUT2D eigenvalue weighted by Gasteiger charge is 2.45. The van der Waals surface area contributed by atoms with Gasteiger partial charge in [0.05, 0.1) is 17.7 Å². The summed E-state index contributed by atoms with van der Waals surface area (Å²) >= 11 is 0. The summed E-state index contributed by atoms with van der Waals surface area (Å²) in [4.78, 5) is 27.6. The zero-order valence-electron chi connectivity index (χ0n) is 18.9. The Kier molecular flexibility index (Phi) is 6.96. The number of carbonyl (C=O) groups excluding carboxylic acids is 2. The van der Waals surface area contributed by atoms with Gasteiger partial charge in [-0.1, -0.05) is 42.0 Å². The van der Waals surface area contributed by atoms with Gasteiger partial charge in [-0.15, -0.1) is 0 Å². The molecule has 0 aliphatic carbocycles. The Labute approximate surface area is 184 Å². The molecule has 31 heavy (non-hydrogen) atoms. The molecular weight excluding hydrogens is 390 g/mol. The smallest absolute Gasteiger partial charge is 0.295 e. The van der Waals surface area contributed by atoms with Crippen molar-refractivity contribution in [3.05, 3.63) is 75.9 Å². The van der Waals surface area contributed by atoms with E-state index in [2.05, 4.69) is 0 Å². The summed E-state index contributed by atoms with van der Waals surface area (Å²) < 4.78 is 5.61. The summed E-state index contributed by atoms with van der Waals surface area (Å²) in [5, 5.41) is 11.1. The molecule has 1 N–H and O–H groups in total. The number of aryl methyl sites for hydroxylation is 3. The Hall–Kier alpha value is -2.92. The number of hydrogen-bond donors (Lipinski definition) is 1. The minimum Gasteiger partial charge on any atom is -0.507 e. The van der Waals surface area contributed by atoms with E-state index in [1.807, 2.05) is 71.0 Å². The number of ether oxygens (including phenoxy) is 1. The Morgan fingerprint density at radius 3 is 2.45 bits per heavy atom. The van der Waals surface area contributed by atoms with Crippen LogP contribution in [0.5, 0.6) is 0 Å². The van der Waals surface area contributed by atoms with Crippen LogP contribution in [0.1, 0.15) is 54.1 Å². The van der Waals surface area contributed by atoms with Gasteiger partial charge in [0.15, 0.2) is 0 Å². The molecule has 164 valence electrons. The van der Waals surface area contributed by atoms with E-state index in [0.717, 1.165) is 22.3 Å². The van der Waals surface area contributed by atoms with Crippen molar-refractivity contribution in [1.29, 1.82) is 0 Å². The van der Waals surface area contributed by atoms with E-state index in [-0.39, 0.29) is 17.4 Å². The molecule has 0 saturated carbocycles. The van der Waals surface area contributed by atoms with E-state index in [1.165, 1.54) is 0 Å². The number of hydrogen-bond acceptors (Lipinski definition) is 4. The number of benzene rings is 2. The third-order valence-electron chi connectivity index (χ3n) is 5.67. The van der Waals surface area contributed by atoms with Gasteiger partial charge in [-0.2, -0.15) is 0 Å². The third-order valence-corrected chi connectivity index (χ3v) is 5.67. The Morgan fingerprint density at radius 2 is 1.81 bits per heavy atom. The molecule has 0 aromatic heterocycles. The van der Waals surface area contributed by atoms with Crippen LogP contribution in [-0.2, 0) is 14.3 Å². The van der Waals surface area contributed by atoms with E-state index in [1.54, 1.807) is 11.0 Å². The highest BCUT2D eigenvalue weighted by molar-refractivity contribution is 6.46. The molecule has 0 bridgehead atoms. The van der Waals surface area contributed by atoms with Crippen molar-refractivity contribution in [2.75, 3.05) is 13.2 Å². The number of likely N-dealkylation sites (tertiary alicyclic amines) is 1. The number of Topliss-reactive ketones (excluding diaryl/α,β-unsaturated/α-hetero) is 1. The number of rotatable bonds is 7. The zero-order valence-corrected chi connectivity index (χ0v) is 18.9. The van der Waals surface area contributed by atoms with E-state index in [0.29, 0.717) is 25.1 Å². The van der Waals surface area contributed by atoms with Gasteiger partial charge in [-0.3, -0.25) is 9.59 Å². The van der Waals surface area contributed by atoms with Crippen LogP contribution in [0.2, 0.25) is 0 Å². The number of ketones is 1. The molecule has 3 rings (SSSR count). The lowest BCUT2D eigenvalue weighted by Crippen LogP contribution is -2.31. The maximum absolute atomic E-state index is 13.1. The van der Waals surface area contributed by atoms with E-state index in [9.17, 15) is 14.7 Å². The zero-order chi connectivity index (χ0) is 22.7. The van der Waals surface area contributed by atoms with Crippen molar-refractivity contribution in [2.24, 2.45) is 0 Å². The number of aliphatic hydroxyl groups excluding tert-OH is 1. The maximum Gasteiger partial charge on any atom is 0.295 e. The van der Waals surface area contributed by atoms with Crippen LogP contribution < -0.4 is 0 Å². The average molecular weight is 422 g/mol. The van der Waals surface area contributed by atoms with Crippen molar-refractivity contribution < 1.29 is 19.4 Å². The van der Waals surface area contributed by atoms with E-state index < -0.39 is 17.7 Å². The first kappa shape index (κ1) is 22.8. The lowest BCUT2D eigenvalue weighted by Gasteiger charge is -2.26. The van der Waals surface area contributed by atoms with Gasteiger partial charge in [-0.05, 0) is 63.8 Å². The molecule has 1 aliphatic heterocycles. The van der Waals surface area contributed by atoms with Crippen LogP contribution in [0.4, 0.5) is 0 Å². The van der Waals surface area contributed by atoms with Gasteiger partial charge in [0.2, 0.25) is 0 Å². The minimum atomic E-state index is -0.646. The van der Waals surface area contributed by atoms with Gasteiger partial charge < -0.3 is 14.7 Å². The van der Waals surface area contributed by atoms with Gasteiger partial charge in [0.25, 0.3) is 11.7 Å². The van der Waals surface area contributed by atoms with E-state index >= 15 is 0 Å². The highest BCUT2D eigenvalue weighted by atomic mass is 16.5. The number of carbonyl (C=O) groups is 2. The largest absolute Gasteiger partial charge is 0.507 e. The summed E-state index contributed by atoms with van der Waals surface area (Å²) in [7, 11) is 0. The summed E-state index contributed by atoms with van der Waals surface area (Å²) in [6.45, 7) is 10.7. The van der Waals surface area contributed by atoms with Crippen molar-refractivity contribution >= 4 is 17.4 Å². The standard InChI is InChI=1S/C26H31NO4/c1-16(2)31-13-7-12-27-23(20-9-6-8-17(3)14-20)22(25(29)26(27)30)24(28)21-11-10-18(4)19(5)15-21/h6,8-11,14-16,23,28H,7,12-13H2,1-5H3/b24-22-.